The number of aryl methyl sites for hydroxylation is 1. The third kappa shape index (κ3) is 3.20. The van der Waals surface area contributed by atoms with Crippen molar-refractivity contribution in [2.45, 2.75) is 12.8 Å². The first-order valence-electron chi connectivity index (χ1n) is 5.42. The van der Waals surface area contributed by atoms with Crippen LogP contribution in [-0.2, 0) is 11.2 Å². The standard InChI is InChI=1S/C12H13NO2S2/c14-10-4-1-9(2-5-10)3-6-11(15)13-7-8-17-12(13)16/h1-2,4-5,14H,3,6-8H2. The maximum Gasteiger partial charge on any atom is 0.228 e. The van der Waals surface area contributed by atoms with Gasteiger partial charge < -0.3 is 5.11 Å². The van der Waals surface area contributed by atoms with Gasteiger partial charge in [0.15, 0.2) is 0 Å². The quantitative estimate of drug-likeness (QED) is 0.852. The molecule has 1 amide bonds. The van der Waals surface area contributed by atoms with Gasteiger partial charge in [-0.2, -0.15) is 0 Å². The van der Waals surface area contributed by atoms with E-state index < -0.39 is 0 Å². The highest BCUT2D eigenvalue weighted by molar-refractivity contribution is 8.23. The molecule has 1 N–H and O–H groups in total. The normalized spacial score (nSPS) is 15.3. The van der Waals surface area contributed by atoms with Gasteiger partial charge in [-0.1, -0.05) is 36.1 Å². The number of carbonyl (C=O) groups excluding carboxylic acids is 1. The average molecular weight is 267 g/mol. The zero-order valence-electron chi connectivity index (χ0n) is 9.26. The van der Waals surface area contributed by atoms with E-state index in [1.807, 2.05) is 12.1 Å². The molecule has 2 rings (SSSR count). The summed E-state index contributed by atoms with van der Waals surface area (Å²) < 4.78 is 0.695. The number of phenols is 1. The Hall–Kier alpha value is -1.07. The van der Waals surface area contributed by atoms with Crippen molar-refractivity contribution in [3.8, 4) is 5.75 Å². The molecule has 5 heteroatoms. The molecule has 0 bridgehead atoms. The van der Waals surface area contributed by atoms with Crippen LogP contribution in [0.1, 0.15) is 12.0 Å². The maximum absolute atomic E-state index is 11.9. The van der Waals surface area contributed by atoms with Crippen LogP contribution < -0.4 is 0 Å². The minimum absolute atomic E-state index is 0.0908. The Kier molecular flexibility index (Phi) is 4.02. The largest absolute Gasteiger partial charge is 0.508 e. The summed E-state index contributed by atoms with van der Waals surface area (Å²) in [4.78, 5) is 13.6. The minimum atomic E-state index is 0.0908. The molecular weight excluding hydrogens is 254 g/mol. The third-order valence-electron chi connectivity index (χ3n) is 2.63. The van der Waals surface area contributed by atoms with Crippen LogP contribution >= 0.6 is 24.0 Å². The van der Waals surface area contributed by atoms with Crippen molar-refractivity contribution in [1.82, 2.24) is 4.90 Å². The van der Waals surface area contributed by atoms with Crippen LogP contribution in [0.2, 0.25) is 0 Å². The lowest BCUT2D eigenvalue weighted by Gasteiger charge is -2.14. The average Bonchev–Trinajstić information content (AvgIpc) is 2.74. The molecule has 0 unspecified atom stereocenters. The van der Waals surface area contributed by atoms with Crippen molar-refractivity contribution in [1.29, 1.82) is 0 Å². The summed E-state index contributed by atoms with van der Waals surface area (Å²) in [6.45, 7) is 0.734. The van der Waals surface area contributed by atoms with Crippen LogP contribution in [-0.4, -0.2) is 32.5 Å². The Balaban J connectivity index is 1.87. The highest BCUT2D eigenvalue weighted by atomic mass is 32.2. The first-order chi connectivity index (χ1) is 8.16. The zero-order chi connectivity index (χ0) is 12.3. The number of thioether (sulfide) groups is 1. The highest BCUT2D eigenvalue weighted by Crippen LogP contribution is 2.19. The number of rotatable bonds is 3. The van der Waals surface area contributed by atoms with Crippen molar-refractivity contribution in [2.24, 2.45) is 0 Å². The summed E-state index contributed by atoms with van der Waals surface area (Å²) in [7, 11) is 0. The molecule has 0 aromatic heterocycles. The van der Waals surface area contributed by atoms with Gasteiger partial charge in [-0.25, -0.2) is 0 Å². The number of thiocarbonyl (C=S) groups is 1. The number of phenolic OH excluding ortho intramolecular Hbond substituents is 1. The Morgan fingerprint density at radius 1 is 1.41 bits per heavy atom. The fraction of sp³-hybridized carbons (Fsp3) is 0.333. The second-order valence-electron chi connectivity index (χ2n) is 3.83. The SMILES string of the molecule is O=C(CCc1ccc(O)cc1)N1CCSC1=S. The molecule has 0 spiro atoms. The number of carbonyl (C=O) groups is 1. The van der Waals surface area contributed by atoms with E-state index in [4.69, 9.17) is 17.3 Å². The second kappa shape index (κ2) is 5.51. The van der Waals surface area contributed by atoms with Crippen LogP contribution in [0.3, 0.4) is 0 Å². The van der Waals surface area contributed by atoms with Crippen molar-refractivity contribution in [2.75, 3.05) is 12.3 Å². The molecule has 1 aliphatic heterocycles. The molecule has 0 radical (unpaired) electrons. The van der Waals surface area contributed by atoms with Gasteiger partial charge in [0.05, 0.1) is 0 Å². The number of aromatic hydroxyl groups is 1. The third-order valence-corrected chi connectivity index (χ3v) is 4.05. The number of hydrogen-bond donors (Lipinski definition) is 1. The number of amides is 1. The summed E-state index contributed by atoms with van der Waals surface area (Å²) in [6, 6.07) is 6.94. The molecule has 1 aromatic rings. The molecule has 3 nitrogen and oxygen atoms in total. The van der Waals surface area contributed by atoms with Crippen molar-refractivity contribution < 1.29 is 9.90 Å². The van der Waals surface area contributed by atoms with Gasteiger partial charge in [0.1, 0.15) is 10.1 Å². The van der Waals surface area contributed by atoms with Crippen LogP contribution in [0.4, 0.5) is 0 Å². The molecule has 0 saturated carbocycles. The van der Waals surface area contributed by atoms with Crippen molar-refractivity contribution in [3.05, 3.63) is 29.8 Å². The van der Waals surface area contributed by atoms with Gasteiger partial charge >= 0.3 is 0 Å². The van der Waals surface area contributed by atoms with E-state index in [-0.39, 0.29) is 11.7 Å². The highest BCUT2D eigenvalue weighted by Gasteiger charge is 2.23. The molecule has 1 heterocycles. The molecule has 1 saturated heterocycles. The Morgan fingerprint density at radius 2 is 2.12 bits per heavy atom. The Morgan fingerprint density at radius 3 is 2.71 bits per heavy atom. The molecule has 1 aliphatic rings. The first-order valence-corrected chi connectivity index (χ1v) is 6.81. The van der Waals surface area contributed by atoms with Gasteiger partial charge in [0.2, 0.25) is 5.91 Å². The summed E-state index contributed by atoms with van der Waals surface area (Å²) >= 11 is 6.66. The van der Waals surface area contributed by atoms with Crippen LogP contribution in [0.5, 0.6) is 5.75 Å². The lowest BCUT2D eigenvalue weighted by molar-refractivity contribution is -0.126. The Labute approximate surface area is 110 Å². The van der Waals surface area contributed by atoms with Gasteiger partial charge in [-0.05, 0) is 24.1 Å². The molecule has 90 valence electrons. The molecular formula is C12H13NO2S2. The number of benzene rings is 1. The summed E-state index contributed by atoms with van der Waals surface area (Å²) in [6.07, 6.45) is 1.15. The first kappa shape index (κ1) is 12.4. The molecule has 1 aromatic carbocycles. The lowest BCUT2D eigenvalue weighted by atomic mass is 10.1. The van der Waals surface area contributed by atoms with E-state index in [1.54, 1.807) is 28.8 Å². The predicted molar refractivity (Wildman–Crippen MR) is 73.2 cm³/mol. The van der Waals surface area contributed by atoms with Gasteiger partial charge in [-0.15, -0.1) is 0 Å². The molecule has 0 aliphatic carbocycles. The van der Waals surface area contributed by atoms with Crippen molar-refractivity contribution >= 4 is 34.2 Å². The summed E-state index contributed by atoms with van der Waals surface area (Å²) in [5.74, 6) is 1.24. The van der Waals surface area contributed by atoms with E-state index in [0.717, 1.165) is 17.9 Å². The van der Waals surface area contributed by atoms with Gasteiger partial charge in [-0.3, -0.25) is 9.69 Å². The summed E-state index contributed by atoms with van der Waals surface area (Å²) in [5.41, 5.74) is 1.05. The van der Waals surface area contributed by atoms with Crippen LogP contribution in [0, 0.1) is 0 Å². The van der Waals surface area contributed by atoms with E-state index >= 15 is 0 Å². The van der Waals surface area contributed by atoms with E-state index in [9.17, 15) is 4.79 Å². The fourth-order valence-electron chi connectivity index (χ4n) is 1.67. The van der Waals surface area contributed by atoms with Crippen LogP contribution in [0.15, 0.2) is 24.3 Å². The minimum Gasteiger partial charge on any atom is -0.508 e. The Bertz CT molecular complexity index is 431. The van der Waals surface area contributed by atoms with Crippen molar-refractivity contribution in [3.63, 3.8) is 0 Å². The van der Waals surface area contributed by atoms with Gasteiger partial charge in [0.25, 0.3) is 0 Å². The monoisotopic (exact) mass is 267 g/mol. The topological polar surface area (TPSA) is 40.5 Å². The fourth-order valence-corrected chi connectivity index (χ4v) is 2.91. The van der Waals surface area contributed by atoms with E-state index in [2.05, 4.69) is 0 Å². The lowest BCUT2D eigenvalue weighted by Crippen LogP contribution is -2.30. The number of nitrogens with zero attached hydrogens (tertiary/aromatic N) is 1. The molecule has 1 fully saturated rings. The molecule has 17 heavy (non-hydrogen) atoms. The zero-order valence-corrected chi connectivity index (χ0v) is 10.9. The van der Waals surface area contributed by atoms with E-state index in [1.165, 1.54) is 0 Å². The second-order valence-corrected chi connectivity index (χ2v) is 5.55. The predicted octanol–water partition coefficient (Wildman–Crippen LogP) is 2.19. The maximum atomic E-state index is 11.9. The molecule has 0 atom stereocenters. The number of hydrogen-bond acceptors (Lipinski definition) is 4. The van der Waals surface area contributed by atoms with E-state index in [0.29, 0.717) is 17.2 Å². The van der Waals surface area contributed by atoms with Gasteiger partial charge in [0, 0.05) is 18.7 Å². The summed E-state index contributed by atoms with van der Waals surface area (Å²) in [5, 5.41) is 9.15. The smallest absolute Gasteiger partial charge is 0.228 e. The van der Waals surface area contributed by atoms with Crippen LogP contribution in [0.25, 0.3) is 0 Å².